The maximum atomic E-state index is 4.80. The summed E-state index contributed by atoms with van der Waals surface area (Å²) in [5, 5.41) is 5.79. The van der Waals surface area contributed by atoms with Crippen molar-refractivity contribution in [3.05, 3.63) is 11.8 Å². The van der Waals surface area contributed by atoms with Crippen LogP contribution in [0.15, 0.2) is 15.6 Å². The zero-order valence-electron chi connectivity index (χ0n) is 5.90. The van der Waals surface area contributed by atoms with E-state index in [-0.39, 0.29) is 0 Å². The van der Waals surface area contributed by atoms with Crippen LogP contribution in [0, 0.1) is 0 Å². The van der Waals surface area contributed by atoms with E-state index in [0.29, 0.717) is 18.2 Å². The molecule has 1 rings (SSSR count). The fraction of sp³-hybridized carbons (Fsp3) is 0.333. The number of hydrogen-bond acceptors (Lipinski definition) is 5. The van der Waals surface area contributed by atoms with Crippen LogP contribution in [-0.2, 0) is 6.54 Å². The number of methoxy groups -OCH3 is 1. The zero-order valence-corrected chi connectivity index (χ0v) is 6.72. The smallest absolute Gasteiger partial charge is 0.254 e. The minimum absolute atomic E-state index is 0.361. The molecule has 0 aliphatic rings. The van der Waals surface area contributed by atoms with Gasteiger partial charge in [-0.25, -0.2) is 4.99 Å². The minimum Gasteiger partial charge on any atom is -0.479 e. The van der Waals surface area contributed by atoms with Gasteiger partial charge in [0.25, 0.3) is 5.88 Å². The van der Waals surface area contributed by atoms with E-state index in [1.165, 1.54) is 7.11 Å². The molecule has 0 radical (unpaired) electrons. The van der Waals surface area contributed by atoms with Gasteiger partial charge in [0.2, 0.25) is 0 Å². The molecular weight excluding hydrogens is 164 g/mol. The molecule has 4 nitrogen and oxygen atoms in total. The van der Waals surface area contributed by atoms with Gasteiger partial charge in [-0.2, -0.15) is 0 Å². The average molecular weight is 170 g/mol. The zero-order chi connectivity index (χ0) is 8.10. The Morgan fingerprint density at radius 2 is 2.73 bits per heavy atom. The molecule has 0 aliphatic heterocycles. The number of hydrogen-bond donors (Lipinski definition) is 0. The highest BCUT2D eigenvalue weighted by atomic mass is 32.1. The fourth-order valence-electron chi connectivity index (χ4n) is 0.575. The van der Waals surface area contributed by atoms with Gasteiger partial charge < -0.3 is 9.26 Å². The number of aliphatic imine (C=N–C) groups is 1. The van der Waals surface area contributed by atoms with Gasteiger partial charge in [-0.15, -0.1) is 0 Å². The van der Waals surface area contributed by atoms with E-state index in [4.69, 9.17) is 9.26 Å². The summed E-state index contributed by atoms with van der Waals surface area (Å²) >= 11 is 4.38. The van der Waals surface area contributed by atoms with Crippen molar-refractivity contribution in [2.45, 2.75) is 6.54 Å². The first-order chi connectivity index (χ1) is 5.36. The van der Waals surface area contributed by atoms with Gasteiger partial charge in [-0.05, 0) is 17.4 Å². The summed E-state index contributed by atoms with van der Waals surface area (Å²) in [5.41, 5.74) is 0. The third kappa shape index (κ3) is 2.14. The van der Waals surface area contributed by atoms with E-state index in [2.05, 4.69) is 27.5 Å². The molecule has 1 aromatic rings. The van der Waals surface area contributed by atoms with Gasteiger partial charge in [0.05, 0.1) is 12.3 Å². The number of aromatic nitrogens is 1. The van der Waals surface area contributed by atoms with Gasteiger partial charge in [0, 0.05) is 6.07 Å². The standard InChI is InChI=1S/C6H6N2O2S/c1-9-6-2-5(10-8-6)3-7-4-11/h2H,3H2,1H3. The van der Waals surface area contributed by atoms with E-state index < -0.39 is 0 Å². The van der Waals surface area contributed by atoms with Gasteiger partial charge in [-0.1, -0.05) is 0 Å². The number of thiocarbonyl (C=S) groups is 1. The van der Waals surface area contributed by atoms with E-state index in [9.17, 15) is 0 Å². The van der Waals surface area contributed by atoms with Crippen molar-refractivity contribution >= 4 is 17.4 Å². The van der Waals surface area contributed by atoms with Crippen molar-refractivity contribution in [1.29, 1.82) is 0 Å². The highest BCUT2D eigenvalue weighted by Crippen LogP contribution is 2.10. The topological polar surface area (TPSA) is 47.6 Å². The van der Waals surface area contributed by atoms with Crippen molar-refractivity contribution in [3.63, 3.8) is 0 Å². The molecule has 0 amide bonds. The molecule has 0 saturated carbocycles. The molecule has 5 heteroatoms. The molecule has 0 aliphatic carbocycles. The summed E-state index contributed by atoms with van der Waals surface area (Å²) in [6.45, 7) is 0.361. The van der Waals surface area contributed by atoms with E-state index in [1.807, 2.05) is 0 Å². The summed E-state index contributed by atoms with van der Waals surface area (Å²) in [6, 6.07) is 1.65. The lowest BCUT2D eigenvalue weighted by Crippen LogP contribution is -1.79. The van der Waals surface area contributed by atoms with Crippen LogP contribution in [0.3, 0.4) is 0 Å². The van der Waals surface area contributed by atoms with Crippen LogP contribution in [0.1, 0.15) is 5.76 Å². The predicted molar refractivity (Wildman–Crippen MR) is 41.8 cm³/mol. The monoisotopic (exact) mass is 170 g/mol. The number of ether oxygens (including phenoxy) is 1. The third-order valence-electron chi connectivity index (χ3n) is 1.05. The van der Waals surface area contributed by atoms with Crippen molar-refractivity contribution in [2.75, 3.05) is 7.11 Å². The van der Waals surface area contributed by atoms with Crippen molar-refractivity contribution in [2.24, 2.45) is 4.99 Å². The van der Waals surface area contributed by atoms with Gasteiger partial charge in [-0.3, -0.25) is 0 Å². The molecular formula is C6H6N2O2S. The summed E-state index contributed by atoms with van der Waals surface area (Å²) < 4.78 is 9.58. The first kappa shape index (κ1) is 7.91. The summed E-state index contributed by atoms with van der Waals surface area (Å²) in [6.07, 6.45) is 0. The number of nitrogens with zero attached hydrogens (tertiary/aromatic N) is 2. The summed E-state index contributed by atoms with van der Waals surface area (Å²) in [5.74, 6) is 1.05. The molecule has 0 fully saturated rings. The second-order valence-electron chi connectivity index (χ2n) is 1.74. The van der Waals surface area contributed by atoms with Crippen molar-refractivity contribution in [1.82, 2.24) is 5.16 Å². The fourth-order valence-corrected chi connectivity index (χ4v) is 0.639. The molecule has 11 heavy (non-hydrogen) atoms. The molecule has 58 valence electrons. The van der Waals surface area contributed by atoms with Crippen LogP contribution in [0.4, 0.5) is 0 Å². The lowest BCUT2D eigenvalue weighted by Gasteiger charge is -1.83. The first-order valence-corrected chi connectivity index (χ1v) is 3.31. The Morgan fingerprint density at radius 3 is 3.27 bits per heavy atom. The minimum atomic E-state index is 0.361. The molecule has 1 aromatic heterocycles. The Morgan fingerprint density at radius 1 is 1.91 bits per heavy atom. The lowest BCUT2D eigenvalue weighted by molar-refractivity contribution is 0.327. The molecule has 0 unspecified atom stereocenters. The Balaban J connectivity index is 2.64. The number of rotatable bonds is 3. The largest absolute Gasteiger partial charge is 0.479 e. The molecule has 0 saturated heterocycles. The van der Waals surface area contributed by atoms with E-state index in [0.717, 1.165) is 0 Å². The first-order valence-electron chi connectivity index (χ1n) is 2.90. The van der Waals surface area contributed by atoms with Crippen molar-refractivity contribution in [3.8, 4) is 5.88 Å². The third-order valence-corrected chi connectivity index (χ3v) is 1.18. The van der Waals surface area contributed by atoms with Crippen LogP contribution in [0.25, 0.3) is 0 Å². The van der Waals surface area contributed by atoms with Gasteiger partial charge in [0.1, 0.15) is 6.54 Å². The predicted octanol–water partition coefficient (Wildman–Crippen LogP) is 1.29. The quantitative estimate of drug-likeness (QED) is 0.506. The Labute approximate surface area is 68.9 Å². The number of isothiocyanates is 1. The molecule has 0 N–H and O–H groups in total. The maximum Gasteiger partial charge on any atom is 0.254 e. The Bertz CT molecular complexity index is 278. The molecule has 0 spiro atoms. The van der Waals surface area contributed by atoms with Crippen molar-refractivity contribution < 1.29 is 9.26 Å². The summed E-state index contributed by atoms with van der Waals surface area (Å²) in [4.78, 5) is 3.67. The van der Waals surface area contributed by atoms with Crippen LogP contribution >= 0.6 is 12.2 Å². The molecule has 0 aromatic carbocycles. The average Bonchev–Trinajstić information content (AvgIpc) is 2.48. The van der Waals surface area contributed by atoms with Crippen LogP contribution in [0.2, 0.25) is 0 Å². The summed E-state index contributed by atoms with van der Waals surface area (Å²) in [7, 11) is 1.52. The van der Waals surface area contributed by atoms with E-state index in [1.54, 1.807) is 6.07 Å². The molecule has 0 atom stereocenters. The Kier molecular flexibility index (Phi) is 2.77. The highest BCUT2D eigenvalue weighted by molar-refractivity contribution is 7.78. The maximum absolute atomic E-state index is 4.80. The van der Waals surface area contributed by atoms with Gasteiger partial charge >= 0.3 is 0 Å². The van der Waals surface area contributed by atoms with Crippen LogP contribution < -0.4 is 4.74 Å². The normalized spacial score (nSPS) is 8.82. The highest BCUT2D eigenvalue weighted by Gasteiger charge is 2.00. The second kappa shape index (κ2) is 3.85. The molecule has 1 heterocycles. The Hall–Kier alpha value is -1.19. The van der Waals surface area contributed by atoms with E-state index >= 15 is 0 Å². The van der Waals surface area contributed by atoms with Crippen LogP contribution in [0.5, 0.6) is 5.88 Å². The second-order valence-corrected chi connectivity index (χ2v) is 1.93. The van der Waals surface area contributed by atoms with Gasteiger partial charge in [0.15, 0.2) is 5.76 Å². The molecule has 0 bridgehead atoms. The van der Waals surface area contributed by atoms with Crippen LogP contribution in [-0.4, -0.2) is 17.4 Å². The SMILES string of the molecule is COc1cc(CN=C=S)on1. The lowest BCUT2D eigenvalue weighted by atomic mass is 10.4.